The topological polar surface area (TPSA) is 49.4 Å². The molecule has 0 unspecified atom stereocenters. The fourth-order valence-electron chi connectivity index (χ4n) is 2.34. The van der Waals surface area contributed by atoms with Gasteiger partial charge in [-0.1, -0.05) is 0 Å². The van der Waals surface area contributed by atoms with Crippen molar-refractivity contribution >= 4 is 17.5 Å². The molecule has 0 aliphatic carbocycles. The van der Waals surface area contributed by atoms with E-state index in [2.05, 4.69) is 5.32 Å². The first kappa shape index (κ1) is 19.4. The summed E-state index contributed by atoms with van der Waals surface area (Å²) < 4.78 is 52.7. The van der Waals surface area contributed by atoms with E-state index in [9.17, 15) is 27.2 Å². The van der Waals surface area contributed by atoms with Crippen molar-refractivity contribution in [2.75, 3.05) is 18.0 Å². The zero-order valence-corrected chi connectivity index (χ0v) is 13.9. The summed E-state index contributed by atoms with van der Waals surface area (Å²) in [4.78, 5) is 25.3. The van der Waals surface area contributed by atoms with Gasteiger partial charge in [-0.2, -0.15) is 0 Å². The summed E-state index contributed by atoms with van der Waals surface area (Å²) in [6.45, 7) is 1.77. The minimum atomic E-state index is -1.08. The SMILES string of the molecule is CCN(C(=O)CCNC(=O)c1ccc(F)cc1F)c1ccc(F)c(F)c1. The second-order valence-electron chi connectivity index (χ2n) is 5.37. The number of amides is 2. The lowest BCUT2D eigenvalue weighted by Crippen LogP contribution is -2.34. The Labute approximate surface area is 147 Å². The summed E-state index contributed by atoms with van der Waals surface area (Å²) in [5.41, 5.74) is -0.154. The highest BCUT2D eigenvalue weighted by Gasteiger charge is 2.17. The minimum absolute atomic E-state index is 0.103. The maximum Gasteiger partial charge on any atom is 0.254 e. The Hall–Kier alpha value is -2.90. The van der Waals surface area contributed by atoms with Crippen LogP contribution >= 0.6 is 0 Å². The largest absolute Gasteiger partial charge is 0.351 e. The van der Waals surface area contributed by atoms with Crippen LogP contribution in [0, 0.1) is 23.3 Å². The molecule has 2 amide bonds. The molecule has 1 N–H and O–H groups in total. The van der Waals surface area contributed by atoms with Crippen LogP contribution < -0.4 is 10.2 Å². The van der Waals surface area contributed by atoms with Gasteiger partial charge in [-0.3, -0.25) is 9.59 Å². The maximum atomic E-state index is 13.5. The van der Waals surface area contributed by atoms with Crippen LogP contribution in [0.3, 0.4) is 0 Å². The zero-order valence-electron chi connectivity index (χ0n) is 13.9. The van der Waals surface area contributed by atoms with Crippen LogP contribution in [0.4, 0.5) is 23.2 Å². The molecule has 4 nitrogen and oxygen atoms in total. The molecule has 0 aliphatic heterocycles. The Kier molecular flexibility index (Phi) is 6.32. The van der Waals surface area contributed by atoms with E-state index in [1.165, 1.54) is 11.0 Å². The average molecular weight is 368 g/mol. The molecule has 26 heavy (non-hydrogen) atoms. The number of rotatable bonds is 6. The molecule has 0 spiro atoms. The Bertz CT molecular complexity index is 827. The molecule has 8 heteroatoms. The van der Waals surface area contributed by atoms with Crippen LogP contribution in [0.5, 0.6) is 0 Å². The van der Waals surface area contributed by atoms with Crippen molar-refractivity contribution in [3.63, 3.8) is 0 Å². The highest BCUT2D eigenvalue weighted by molar-refractivity contribution is 5.96. The van der Waals surface area contributed by atoms with Crippen molar-refractivity contribution in [3.8, 4) is 0 Å². The molecule has 2 rings (SSSR count). The zero-order chi connectivity index (χ0) is 19.3. The number of halogens is 4. The molecule has 0 atom stereocenters. The van der Waals surface area contributed by atoms with Crippen molar-refractivity contribution in [2.45, 2.75) is 13.3 Å². The normalized spacial score (nSPS) is 10.5. The highest BCUT2D eigenvalue weighted by Crippen LogP contribution is 2.18. The van der Waals surface area contributed by atoms with Gasteiger partial charge in [0.25, 0.3) is 5.91 Å². The van der Waals surface area contributed by atoms with E-state index in [1.807, 2.05) is 0 Å². The minimum Gasteiger partial charge on any atom is -0.351 e. The lowest BCUT2D eigenvalue weighted by Gasteiger charge is -2.21. The number of carbonyl (C=O) groups is 2. The molecule has 2 aromatic rings. The van der Waals surface area contributed by atoms with Crippen LogP contribution in [0.1, 0.15) is 23.7 Å². The third-order valence-electron chi connectivity index (χ3n) is 3.63. The van der Waals surface area contributed by atoms with Gasteiger partial charge in [0.15, 0.2) is 11.6 Å². The van der Waals surface area contributed by atoms with Crippen molar-refractivity contribution in [2.24, 2.45) is 0 Å². The molecule has 138 valence electrons. The molecule has 0 heterocycles. The molecular formula is C18H16F4N2O2. The highest BCUT2D eigenvalue weighted by atomic mass is 19.2. The number of anilines is 1. The molecule has 0 aliphatic rings. The van der Waals surface area contributed by atoms with E-state index in [-0.39, 0.29) is 30.8 Å². The van der Waals surface area contributed by atoms with Gasteiger partial charge in [-0.25, -0.2) is 17.6 Å². The first-order chi connectivity index (χ1) is 12.3. The van der Waals surface area contributed by atoms with Crippen molar-refractivity contribution in [1.29, 1.82) is 0 Å². The fraction of sp³-hybridized carbons (Fsp3) is 0.222. The summed E-state index contributed by atoms with van der Waals surface area (Å²) in [7, 11) is 0. The lowest BCUT2D eigenvalue weighted by molar-refractivity contribution is -0.118. The van der Waals surface area contributed by atoms with E-state index in [0.29, 0.717) is 6.07 Å². The number of benzene rings is 2. The molecular weight excluding hydrogens is 352 g/mol. The van der Waals surface area contributed by atoms with Gasteiger partial charge in [0.1, 0.15) is 11.6 Å². The molecule has 2 aromatic carbocycles. The Morgan fingerprint density at radius 2 is 1.69 bits per heavy atom. The third kappa shape index (κ3) is 4.59. The smallest absolute Gasteiger partial charge is 0.254 e. The summed E-state index contributed by atoms with van der Waals surface area (Å²) in [6.07, 6.45) is -0.138. The van der Waals surface area contributed by atoms with Gasteiger partial charge in [-0.15, -0.1) is 0 Å². The number of hydrogen-bond acceptors (Lipinski definition) is 2. The summed E-state index contributed by atoms with van der Waals surface area (Å²) in [5, 5.41) is 2.36. The van der Waals surface area contributed by atoms with E-state index in [0.717, 1.165) is 24.3 Å². The number of hydrogen-bond donors (Lipinski definition) is 1. The standard InChI is InChI=1S/C18H16F4N2O2/c1-2-24(12-4-6-14(20)16(22)10-12)17(25)7-8-23-18(26)13-5-3-11(19)9-15(13)21/h3-6,9-10H,2,7-8H2,1H3,(H,23,26). The van der Waals surface area contributed by atoms with Gasteiger partial charge in [-0.05, 0) is 31.2 Å². The Balaban J connectivity index is 1.96. The van der Waals surface area contributed by atoms with E-state index < -0.39 is 35.1 Å². The van der Waals surface area contributed by atoms with Crippen molar-refractivity contribution < 1.29 is 27.2 Å². The predicted octanol–water partition coefficient (Wildman–Crippen LogP) is 3.42. The predicted molar refractivity (Wildman–Crippen MR) is 87.7 cm³/mol. The second-order valence-corrected chi connectivity index (χ2v) is 5.37. The number of carbonyl (C=O) groups excluding carboxylic acids is 2. The summed E-state index contributed by atoms with van der Waals surface area (Å²) in [5.74, 6) is -5.13. The fourth-order valence-corrected chi connectivity index (χ4v) is 2.34. The van der Waals surface area contributed by atoms with Crippen LogP contribution in [-0.2, 0) is 4.79 Å². The monoisotopic (exact) mass is 368 g/mol. The molecule has 0 fully saturated rings. The van der Waals surface area contributed by atoms with E-state index in [1.54, 1.807) is 6.92 Å². The third-order valence-corrected chi connectivity index (χ3v) is 3.63. The van der Waals surface area contributed by atoms with Crippen LogP contribution in [0.15, 0.2) is 36.4 Å². The van der Waals surface area contributed by atoms with Crippen LogP contribution in [-0.4, -0.2) is 24.9 Å². The van der Waals surface area contributed by atoms with Gasteiger partial charge in [0.2, 0.25) is 5.91 Å². The van der Waals surface area contributed by atoms with Gasteiger partial charge >= 0.3 is 0 Å². The second kappa shape index (κ2) is 8.46. The van der Waals surface area contributed by atoms with Gasteiger partial charge < -0.3 is 10.2 Å². The summed E-state index contributed by atoms with van der Waals surface area (Å²) in [6, 6.07) is 5.63. The quantitative estimate of drug-likeness (QED) is 0.795. The van der Waals surface area contributed by atoms with Crippen molar-refractivity contribution in [3.05, 3.63) is 65.2 Å². The first-order valence-electron chi connectivity index (χ1n) is 7.82. The van der Waals surface area contributed by atoms with Crippen LogP contribution in [0.2, 0.25) is 0 Å². The average Bonchev–Trinajstić information content (AvgIpc) is 2.58. The maximum absolute atomic E-state index is 13.5. The molecule has 0 bridgehead atoms. The molecule has 0 aromatic heterocycles. The summed E-state index contributed by atoms with van der Waals surface area (Å²) >= 11 is 0. The first-order valence-corrected chi connectivity index (χ1v) is 7.82. The molecule has 0 saturated heterocycles. The lowest BCUT2D eigenvalue weighted by atomic mass is 10.2. The Morgan fingerprint density at radius 3 is 2.31 bits per heavy atom. The Morgan fingerprint density at radius 1 is 0.962 bits per heavy atom. The molecule has 0 radical (unpaired) electrons. The van der Waals surface area contributed by atoms with Gasteiger partial charge in [0, 0.05) is 37.3 Å². The van der Waals surface area contributed by atoms with E-state index >= 15 is 0 Å². The molecule has 0 saturated carbocycles. The number of nitrogens with zero attached hydrogens (tertiary/aromatic N) is 1. The van der Waals surface area contributed by atoms with Gasteiger partial charge in [0.05, 0.1) is 5.56 Å². The van der Waals surface area contributed by atoms with E-state index in [4.69, 9.17) is 0 Å². The van der Waals surface area contributed by atoms with Crippen LogP contribution in [0.25, 0.3) is 0 Å². The van der Waals surface area contributed by atoms with Crippen molar-refractivity contribution in [1.82, 2.24) is 5.32 Å². The number of nitrogens with one attached hydrogen (secondary N) is 1.